The number of imidazole rings is 1. The van der Waals surface area contributed by atoms with Gasteiger partial charge in [0.1, 0.15) is 11.6 Å². The lowest BCUT2D eigenvalue weighted by Crippen LogP contribution is -2.13. The Bertz CT molecular complexity index is 559. The van der Waals surface area contributed by atoms with E-state index in [1.54, 1.807) is 7.11 Å². The molecule has 0 N–H and O–H groups in total. The molecule has 94 valence electrons. The quantitative estimate of drug-likeness (QED) is 0.806. The molecule has 1 aromatic carbocycles. The minimum atomic E-state index is 0.616. The molecule has 0 saturated carbocycles. The van der Waals surface area contributed by atoms with Gasteiger partial charge in [-0.1, -0.05) is 19.1 Å². The van der Waals surface area contributed by atoms with Crippen molar-refractivity contribution in [2.24, 2.45) is 0 Å². The van der Waals surface area contributed by atoms with Gasteiger partial charge in [0.15, 0.2) is 0 Å². The van der Waals surface area contributed by atoms with E-state index < -0.39 is 0 Å². The van der Waals surface area contributed by atoms with E-state index in [4.69, 9.17) is 4.74 Å². The van der Waals surface area contributed by atoms with Crippen LogP contribution < -0.4 is 4.74 Å². The summed E-state index contributed by atoms with van der Waals surface area (Å²) in [5.74, 6) is 2.56. The SMILES string of the molecule is COc1cccc(-c2ncc3n2CCCC3C)c1. The summed E-state index contributed by atoms with van der Waals surface area (Å²) in [5.41, 5.74) is 2.49. The highest BCUT2D eigenvalue weighted by atomic mass is 16.5. The molecule has 0 fully saturated rings. The van der Waals surface area contributed by atoms with Gasteiger partial charge in [0, 0.05) is 24.0 Å². The van der Waals surface area contributed by atoms with Crippen LogP contribution in [-0.4, -0.2) is 16.7 Å². The van der Waals surface area contributed by atoms with Crippen LogP contribution in [0.25, 0.3) is 11.4 Å². The number of rotatable bonds is 2. The normalized spacial score (nSPS) is 18.4. The summed E-state index contributed by atoms with van der Waals surface area (Å²) in [5, 5.41) is 0. The van der Waals surface area contributed by atoms with Gasteiger partial charge in [-0.05, 0) is 30.9 Å². The molecule has 1 unspecified atom stereocenters. The second kappa shape index (κ2) is 4.48. The highest BCUT2D eigenvalue weighted by Gasteiger charge is 2.20. The molecule has 2 heterocycles. The molecule has 18 heavy (non-hydrogen) atoms. The van der Waals surface area contributed by atoms with Crippen LogP contribution in [0.3, 0.4) is 0 Å². The fourth-order valence-electron chi connectivity index (χ4n) is 2.71. The first-order valence-corrected chi connectivity index (χ1v) is 6.49. The maximum atomic E-state index is 5.28. The molecule has 0 amide bonds. The van der Waals surface area contributed by atoms with Crippen LogP contribution >= 0.6 is 0 Å². The molecule has 1 aromatic heterocycles. The van der Waals surface area contributed by atoms with Crippen LogP contribution in [0.1, 0.15) is 31.4 Å². The van der Waals surface area contributed by atoms with Gasteiger partial charge in [0.2, 0.25) is 0 Å². The van der Waals surface area contributed by atoms with Crippen molar-refractivity contribution in [3.63, 3.8) is 0 Å². The van der Waals surface area contributed by atoms with Crippen molar-refractivity contribution in [2.75, 3.05) is 7.11 Å². The van der Waals surface area contributed by atoms with Gasteiger partial charge in [-0.3, -0.25) is 0 Å². The Morgan fingerprint density at radius 1 is 1.39 bits per heavy atom. The molecular weight excluding hydrogens is 224 g/mol. The average Bonchev–Trinajstić information content (AvgIpc) is 2.84. The first-order chi connectivity index (χ1) is 8.79. The first kappa shape index (κ1) is 11.3. The van der Waals surface area contributed by atoms with Gasteiger partial charge in [0.25, 0.3) is 0 Å². The molecule has 0 spiro atoms. The lowest BCUT2D eigenvalue weighted by molar-refractivity contribution is 0.415. The Labute approximate surface area is 107 Å². The third-order valence-corrected chi connectivity index (χ3v) is 3.74. The van der Waals surface area contributed by atoms with Crippen molar-refractivity contribution in [3.8, 4) is 17.1 Å². The number of ether oxygens (including phenoxy) is 1. The third kappa shape index (κ3) is 1.80. The first-order valence-electron chi connectivity index (χ1n) is 6.49. The van der Waals surface area contributed by atoms with Crippen molar-refractivity contribution >= 4 is 0 Å². The molecule has 0 saturated heterocycles. The van der Waals surface area contributed by atoms with E-state index in [-0.39, 0.29) is 0 Å². The van der Waals surface area contributed by atoms with Gasteiger partial charge in [-0.2, -0.15) is 0 Å². The second-order valence-electron chi connectivity index (χ2n) is 4.93. The fourth-order valence-corrected chi connectivity index (χ4v) is 2.71. The van der Waals surface area contributed by atoms with Crippen LogP contribution in [0.2, 0.25) is 0 Å². The summed E-state index contributed by atoms with van der Waals surface area (Å²) in [6.45, 7) is 3.36. The monoisotopic (exact) mass is 242 g/mol. The topological polar surface area (TPSA) is 27.1 Å². The van der Waals surface area contributed by atoms with Crippen molar-refractivity contribution in [1.82, 2.24) is 9.55 Å². The average molecular weight is 242 g/mol. The Morgan fingerprint density at radius 3 is 3.11 bits per heavy atom. The smallest absolute Gasteiger partial charge is 0.140 e. The molecule has 1 atom stereocenters. The van der Waals surface area contributed by atoms with E-state index in [0.717, 1.165) is 23.7 Å². The summed E-state index contributed by atoms with van der Waals surface area (Å²) in [7, 11) is 1.70. The summed E-state index contributed by atoms with van der Waals surface area (Å²) < 4.78 is 7.63. The van der Waals surface area contributed by atoms with Gasteiger partial charge >= 0.3 is 0 Å². The minimum absolute atomic E-state index is 0.616. The zero-order chi connectivity index (χ0) is 12.5. The predicted molar refractivity (Wildman–Crippen MR) is 71.9 cm³/mol. The molecule has 3 heteroatoms. The summed E-state index contributed by atoms with van der Waals surface area (Å²) in [4.78, 5) is 4.60. The van der Waals surface area contributed by atoms with Crippen molar-refractivity contribution < 1.29 is 4.74 Å². The number of methoxy groups -OCH3 is 1. The van der Waals surface area contributed by atoms with E-state index in [1.165, 1.54) is 18.5 Å². The lowest BCUT2D eigenvalue weighted by Gasteiger charge is -2.22. The molecule has 0 bridgehead atoms. The van der Waals surface area contributed by atoms with E-state index in [1.807, 2.05) is 18.3 Å². The van der Waals surface area contributed by atoms with Crippen LogP contribution in [0.15, 0.2) is 30.5 Å². The zero-order valence-corrected chi connectivity index (χ0v) is 10.9. The summed E-state index contributed by atoms with van der Waals surface area (Å²) >= 11 is 0. The van der Waals surface area contributed by atoms with Crippen LogP contribution in [0.5, 0.6) is 5.75 Å². The standard InChI is InChI=1S/C15H18N2O/c1-11-5-4-8-17-14(11)10-16-15(17)12-6-3-7-13(9-12)18-2/h3,6-7,9-11H,4-5,8H2,1-2H3. The van der Waals surface area contributed by atoms with E-state index in [0.29, 0.717) is 5.92 Å². The zero-order valence-electron chi connectivity index (χ0n) is 10.9. The van der Waals surface area contributed by atoms with E-state index >= 15 is 0 Å². The Morgan fingerprint density at radius 2 is 2.28 bits per heavy atom. The molecule has 2 aromatic rings. The number of hydrogen-bond donors (Lipinski definition) is 0. The van der Waals surface area contributed by atoms with Crippen LogP contribution in [-0.2, 0) is 6.54 Å². The maximum Gasteiger partial charge on any atom is 0.140 e. The van der Waals surface area contributed by atoms with Crippen LogP contribution in [0, 0.1) is 0 Å². The number of hydrogen-bond acceptors (Lipinski definition) is 2. The van der Waals surface area contributed by atoms with Gasteiger partial charge in [-0.25, -0.2) is 4.98 Å². The number of benzene rings is 1. The minimum Gasteiger partial charge on any atom is -0.497 e. The van der Waals surface area contributed by atoms with Gasteiger partial charge in [-0.15, -0.1) is 0 Å². The Kier molecular flexibility index (Phi) is 2.82. The van der Waals surface area contributed by atoms with Gasteiger partial charge in [0.05, 0.1) is 7.11 Å². The Balaban J connectivity index is 2.06. The fraction of sp³-hybridized carbons (Fsp3) is 0.400. The molecule has 0 aliphatic carbocycles. The molecule has 3 nitrogen and oxygen atoms in total. The largest absolute Gasteiger partial charge is 0.497 e. The summed E-state index contributed by atoms with van der Waals surface area (Å²) in [6, 6.07) is 8.13. The molecular formula is C15H18N2O. The number of fused-ring (bicyclic) bond motifs is 1. The third-order valence-electron chi connectivity index (χ3n) is 3.74. The van der Waals surface area contributed by atoms with E-state index in [2.05, 4.69) is 28.6 Å². The summed E-state index contributed by atoms with van der Waals surface area (Å²) in [6.07, 6.45) is 4.53. The Hall–Kier alpha value is -1.77. The maximum absolute atomic E-state index is 5.28. The molecule has 1 aliphatic heterocycles. The molecule has 3 rings (SSSR count). The van der Waals surface area contributed by atoms with E-state index in [9.17, 15) is 0 Å². The van der Waals surface area contributed by atoms with Gasteiger partial charge < -0.3 is 9.30 Å². The highest BCUT2D eigenvalue weighted by Crippen LogP contribution is 2.32. The lowest BCUT2D eigenvalue weighted by atomic mass is 9.98. The number of nitrogens with zero attached hydrogens (tertiary/aromatic N) is 2. The number of aromatic nitrogens is 2. The molecule has 0 radical (unpaired) electrons. The predicted octanol–water partition coefficient (Wildman–Crippen LogP) is 3.46. The van der Waals surface area contributed by atoms with Crippen molar-refractivity contribution in [2.45, 2.75) is 32.2 Å². The second-order valence-corrected chi connectivity index (χ2v) is 4.93. The molecule has 1 aliphatic rings. The van der Waals surface area contributed by atoms with Crippen LogP contribution in [0.4, 0.5) is 0 Å². The van der Waals surface area contributed by atoms with Crippen molar-refractivity contribution in [3.05, 3.63) is 36.2 Å². The van der Waals surface area contributed by atoms with Crippen molar-refractivity contribution in [1.29, 1.82) is 0 Å². The highest BCUT2D eigenvalue weighted by molar-refractivity contribution is 5.59.